The van der Waals surface area contributed by atoms with Gasteiger partial charge in [0.2, 0.25) is 5.91 Å². The van der Waals surface area contributed by atoms with Crippen molar-refractivity contribution in [2.75, 3.05) is 17.2 Å². The summed E-state index contributed by atoms with van der Waals surface area (Å²) in [7, 11) is 0. The minimum Gasteiger partial charge on any atom is -0.487 e. The van der Waals surface area contributed by atoms with E-state index in [4.69, 9.17) is 4.74 Å². The number of hydrogen-bond acceptors (Lipinski definition) is 3. The number of benzene rings is 3. The zero-order valence-electron chi connectivity index (χ0n) is 15.7. The molecule has 0 saturated carbocycles. The molecule has 0 fully saturated rings. The summed E-state index contributed by atoms with van der Waals surface area (Å²) >= 11 is 0. The van der Waals surface area contributed by atoms with Gasteiger partial charge in [-0.25, -0.2) is 0 Å². The van der Waals surface area contributed by atoms with Crippen LogP contribution in [0.2, 0.25) is 0 Å². The Bertz CT molecular complexity index is 907. The molecule has 1 amide bonds. The molecule has 0 aliphatic heterocycles. The van der Waals surface area contributed by atoms with E-state index in [0.29, 0.717) is 6.61 Å². The lowest BCUT2D eigenvalue weighted by atomic mass is 10.1. The summed E-state index contributed by atoms with van der Waals surface area (Å²) in [4.78, 5) is 12.3. The van der Waals surface area contributed by atoms with Crippen LogP contribution in [0.4, 0.5) is 11.4 Å². The summed E-state index contributed by atoms with van der Waals surface area (Å²) in [5.74, 6) is 0.622. The largest absolute Gasteiger partial charge is 0.487 e. The van der Waals surface area contributed by atoms with Gasteiger partial charge in [0.25, 0.3) is 0 Å². The summed E-state index contributed by atoms with van der Waals surface area (Å²) < 4.78 is 5.91. The van der Waals surface area contributed by atoms with E-state index >= 15 is 0 Å². The van der Waals surface area contributed by atoms with Gasteiger partial charge in [-0.2, -0.15) is 0 Å². The van der Waals surface area contributed by atoms with Gasteiger partial charge in [-0.1, -0.05) is 48.5 Å². The van der Waals surface area contributed by atoms with Gasteiger partial charge in [-0.3, -0.25) is 4.79 Å². The van der Waals surface area contributed by atoms with Crippen LogP contribution in [0.1, 0.15) is 16.7 Å². The molecular weight excluding hydrogens is 336 g/mol. The van der Waals surface area contributed by atoms with Gasteiger partial charge in [0.1, 0.15) is 12.4 Å². The molecular formula is C23H24N2O2. The number of carbonyl (C=O) groups excluding carboxylic acids is 1. The van der Waals surface area contributed by atoms with E-state index in [1.807, 2.05) is 79.7 Å². The van der Waals surface area contributed by atoms with Gasteiger partial charge >= 0.3 is 0 Å². The quantitative estimate of drug-likeness (QED) is 0.628. The third-order valence-corrected chi connectivity index (χ3v) is 4.35. The fourth-order valence-corrected chi connectivity index (χ4v) is 2.67. The highest BCUT2D eigenvalue weighted by atomic mass is 16.5. The van der Waals surface area contributed by atoms with E-state index < -0.39 is 0 Å². The summed E-state index contributed by atoms with van der Waals surface area (Å²) in [6.07, 6.45) is 0. The smallest absolute Gasteiger partial charge is 0.243 e. The maximum atomic E-state index is 12.3. The minimum absolute atomic E-state index is 0.101. The Labute approximate surface area is 160 Å². The van der Waals surface area contributed by atoms with Crippen molar-refractivity contribution in [3.63, 3.8) is 0 Å². The molecule has 0 aliphatic carbocycles. The third-order valence-electron chi connectivity index (χ3n) is 4.35. The van der Waals surface area contributed by atoms with Gasteiger partial charge in [0, 0.05) is 5.69 Å². The molecule has 2 N–H and O–H groups in total. The second-order valence-electron chi connectivity index (χ2n) is 6.47. The maximum absolute atomic E-state index is 12.3. The molecule has 0 radical (unpaired) electrons. The number of aryl methyl sites for hydroxylation is 2. The number of anilines is 2. The van der Waals surface area contributed by atoms with E-state index in [1.54, 1.807) is 0 Å². The number of para-hydroxylation sites is 2. The average molecular weight is 360 g/mol. The van der Waals surface area contributed by atoms with Gasteiger partial charge < -0.3 is 15.4 Å². The number of amides is 1. The molecule has 0 aromatic heterocycles. The van der Waals surface area contributed by atoms with Crippen LogP contribution in [0.15, 0.2) is 72.8 Å². The third kappa shape index (κ3) is 5.35. The highest BCUT2D eigenvalue weighted by Crippen LogP contribution is 2.24. The highest BCUT2D eigenvalue weighted by Gasteiger charge is 2.07. The van der Waals surface area contributed by atoms with Crippen molar-refractivity contribution < 1.29 is 9.53 Å². The molecule has 4 nitrogen and oxygen atoms in total. The second kappa shape index (κ2) is 8.90. The molecule has 3 aromatic carbocycles. The lowest BCUT2D eigenvalue weighted by Crippen LogP contribution is -2.22. The van der Waals surface area contributed by atoms with Crippen molar-refractivity contribution in [1.82, 2.24) is 0 Å². The fraction of sp³-hybridized carbons (Fsp3) is 0.174. The predicted molar refractivity (Wildman–Crippen MR) is 110 cm³/mol. The van der Waals surface area contributed by atoms with Gasteiger partial charge in [-0.15, -0.1) is 0 Å². The number of carbonyl (C=O) groups is 1. The van der Waals surface area contributed by atoms with Crippen molar-refractivity contribution in [1.29, 1.82) is 0 Å². The molecule has 0 saturated heterocycles. The fourth-order valence-electron chi connectivity index (χ4n) is 2.67. The normalized spacial score (nSPS) is 10.3. The SMILES string of the molecule is Cc1ccc(NC(=O)CNc2ccccc2OCc2ccccc2)cc1C. The van der Waals surface area contributed by atoms with Crippen molar-refractivity contribution in [3.05, 3.63) is 89.5 Å². The molecule has 0 aliphatic rings. The molecule has 138 valence electrons. The molecule has 3 aromatic rings. The molecule has 0 spiro atoms. The Morgan fingerprint density at radius 3 is 2.41 bits per heavy atom. The lowest BCUT2D eigenvalue weighted by Gasteiger charge is -2.13. The van der Waals surface area contributed by atoms with Crippen LogP contribution in [0, 0.1) is 13.8 Å². The summed E-state index contributed by atoms with van der Waals surface area (Å²) in [6.45, 7) is 4.73. The first kappa shape index (κ1) is 18.5. The zero-order valence-corrected chi connectivity index (χ0v) is 15.7. The summed E-state index contributed by atoms with van der Waals surface area (Å²) in [6, 6.07) is 23.5. The Kier molecular flexibility index (Phi) is 6.10. The van der Waals surface area contributed by atoms with Gasteiger partial charge in [-0.05, 0) is 54.8 Å². The van der Waals surface area contributed by atoms with E-state index in [2.05, 4.69) is 17.6 Å². The molecule has 27 heavy (non-hydrogen) atoms. The highest BCUT2D eigenvalue weighted by molar-refractivity contribution is 5.94. The number of rotatable bonds is 7. The molecule has 0 bridgehead atoms. The van der Waals surface area contributed by atoms with Crippen LogP contribution >= 0.6 is 0 Å². The zero-order chi connectivity index (χ0) is 19.1. The van der Waals surface area contributed by atoms with Crippen molar-refractivity contribution in [2.45, 2.75) is 20.5 Å². The van der Waals surface area contributed by atoms with Crippen molar-refractivity contribution in [3.8, 4) is 5.75 Å². The van der Waals surface area contributed by atoms with Crippen LogP contribution in [0.3, 0.4) is 0 Å². The molecule has 0 atom stereocenters. The topological polar surface area (TPSA) is 50.4 Å². The minimum atomic E-state index is -0.101. The van der Waals surface area contributed by atoms with Crippen LogP contribution in [-0.4, -0.2) is 12.5 Å². The first-order chi connectivity index (χ1) is 13.1. The predicted octanol–water partition coefficient (Wildman–Crippen LogP) is 4.93. The molecule has 0 unspecified atom stereocenters. The monoisotopic (exact) mass is 360 g/mol. The molecule has 4 heteroatoms. The maximum Gasteiger partial charge on any atom is 0.243 e. The Morgan fingerprint density at radius 2 is 1.63 bits per heavy atom. The average Bonchev–Trinajstić information content (AvgIpc) is 2.69. The van der Waals surface area contributed by atoms with Gasteiger partial charge in [0.05, 0.1) is 12.2 Å². The van der Waals surface area contributed by atoms with E-state index in [-0.39, 0.29) is 12.5 Å². The Hall–Kier alpha value is -3.27. The standard InChI is InChI=1S/C23H24N2O2/c1-17-12-13-20(14-18(17)2)25-23(26)15-24-21-10-6-7-11-22(21)27-16-19-8-4-3-5-9-19/h3-14,24H,15-16H2,1-2H3,(H,25,26). The van der Waals surface area contributed by atoms with E-state index in [0.717, 1.165) is 28.3 Å². The Balaban J connectivity index is 1.57. The lowest BCUT2D eigenvalue weighted by molar-refractivity contribution is -0.114. The van der Waals surface area contributed by atoms with Crippen LogP contribution < -0.4 is 15.4 Å². The Morgan fingerprint density at radius 1 is 0.889 bits per heavy atom. The van der Waals surface area contributed by atoms with Crippen LogP contribution in [0.25, 0.3) is 0 Å². The summed E-state index contributed by atoms with van der Waals surface area (Å²) in [5.41, 5.74) is 5.05. The van der Waals surface area contributed by atoms with E-state index in [9.17, 15) is 4.79 Å². The number of hydrogen-bond donors (Lipinski definition) is 2. The first-order valence-electron chi connectivity index (χ1n) is 8.98. The van der Waals surface area contributed by atoms with Gasteiger partial charge in [0.15, 0.2) is 0 Å². The van der Waals surface area contributed by atoms with E-state index in [1.165, 1.54) is 5.56 Å². The number of ether oxygens (including phenoxy) is 1. The van der Waals surface area contributed by atoms with Crippen LogP contribution in [-0.2, 0) is 11.4 Å². The second-order valence-corrected chi connectivity index (χ2v) is 6.47. The molecule has 0 heterocycles. The first-order valence-corrected chi connectivity index (χ1v) is 8.98. The van der Waals surface area contributed by atoms with Crippen molar-refractivity contribution >= 4 is 17.3 Å². The number of nitrogens with one attached hydrogen (secondary N) is 2. The van der Waals surface area contributed by atoms with Crippen molar-refractivity contribution in [2.24, 2.45) is 0 Å². The molecule has 3 rings (SSSR count). The summed E-state index contributed by atoms with van der Waals surface area (Å²) in [5, 5.41) is 6.07. The van der Waals surface area contributed by atoms with Crippen LogP contribution in [0.5, 0.6) is 5.75 Å².